The van der Waals surface area contributed by atoms with Gasteiger partial charge in [-0.05, 0) is 110 Å². The van der Waals surface area contributed by atoms with Gasteiger partial charge in [0.15, 0.2) is 10.9 Å². The Kier molecular flexibility index (Phi) is 7.23. The van der Waals surface area contributed by atoms with E-state index >= 15 is 0 Å². The number of ketones is 1. The fourth-order valence-electron chi connectivity index (χ4n) is 7.33. The molecule has 188 valence electrons. The molecule has 0 bridgehead atoms. The summed E-state index contributed by atoms with van der Waals surface area (Å²) >= 11 is 1.66. The van der Waals surface area contributed by atoms with Crippen molar-refractivity contribution in [2.24, 2.45) is 23.2 Å². The molecule has 2 fully saturated rings. The number of Topliss-reactive ketones (excluding diaryl/α,β-unsaturated/α-hetero) is 1. The van der Waals surface area contributed by atoms with Gasteiger partial charge < -0.3 is 10.1 Å². The summed E-state index contributed by atoms with van der Waals surface area (Å²) in [6, 6.07) is 6.68. The number of hydrogen-bond acceptors (Lipinski definition) is 5. The van der Waals surface area contributed by atoms with Gasteiger partial charge in [-0.25, -0.2) is 4.98 Å². The van der Waals surface area contributed by atoms with Gasteiger partial charge in [0.2, 0.25) is 0 Å². The Bertz CT molecular complexity index is 1190. The van der Waals surface area contributed by atoms with Crippen molar-refractivity contribution >= 4 is 46.6 Å². The van der Waals surface area contributed by atoms with Crippen molar-refractivity contribution < 1.29 is 9.53 Å². The van der Waals surface area contributed by atoms with Crippen molar-refractivity contribution in [2.45, 2.75) is 65.2 Å². The Morgan fingerprint density at radius 2 is 2.20 bits per heavy atom. The highest BCUT2D eigenvalue weighted by Gasteiger charge is 2.60. The highest BCUT2D eigenvalue weighted by atomic mass is 127. The van der Waals surface area contributed by atoms with Gasteiger partial charge >= 0.3 is 0 Å². The topological polar surface area (TPSA) is 51.2 Å². The number of carbonyl (C=O) groups is 1. The number of nitrogens with one attached hydrogen (secondary N) is 1. The zero-order chi connectivity index (χ0) is 24.7. The summed E-state index contributed by atoms with van der Waals surface area (Å²) in [4.78, 5) is 21.9. The molecule has 0 aliphatic heterocycles. The molecular formula is C29H37IN2O2S. The molecule has 1 N–H and O–H groups in total. The number of halogens is 1. The number of nitrogens with zero attached hydrogens (tertiary/aromatic N) is 1. The van der Waals surface area contributed by atoms with Crippen molar-refractivity contribution in [3.8, 4) is 5.75 Å². The molecular weight excluding hydrogens is 567 g/mol. The quantitative estimate of drug-likeness (QED) is 0.214. The number of methoxy groups -OCH3 is 1. The van der Waals surface area contributed by atoms with Gasteiger partial charge in [0, 0.05) is 20.1 Å². The van der Waals surface area contributed by atoms with E-state index in [1.807, 2.05) is 6.20 Å². The first-order valence-electron chi connectivity index (χ1n) is 12.8. The molecule has 6 heteroatoms. The molecule has 2 saturated carbocycles. The molecule has 0 radical (unpaired) electrons. The lowest BCUT2D eigenvalue weighted by molar-refractivity contribution is -0.127. The normalized spacial score (nSPS) is 31.4. The van der Waals surface area contributed by atoms with Gasteiger partial charge in [0.1, 0.15) is 5.75 Å². The summed E-state index contributed by atoms with van der Waals surface area (Å²) < 4.78 is 6.94. The van der Waals surface area contributed by atoms with Crippen molar-refractivity contribution in [1.29, 1.82) is 0 Å². The van der Waals surface area contributed by atoms with Crippen LogP contribution in [0.3, 0.4) is 0 Å². The molecule has 5 atom stereocenters. The number of fused-ring (bicyclic) bond motifs is 5. The van der Waals surface area contributed by atoms with Gasteiger partial charge in [0.05, 0.1) is 7.11 Å². The van der Waals surface area contributed by atoms with E-state index in [2.05, 4.69) is 60.3 Å². The maximum atomic E-state index is 13.8. The van der Waals surface area contributed by atoms with E-state index in [-0.39, 0.29) is 26.1 Å². The lowest BCUT2D eigenvalue weighted by atomic mass is 9.54. The molecule has 3 aliphatic rings. The Hall–Kier alpha value is -1.54. The van der Waals surface area contributed by atoms with E-state index in [0.29, 0.717) is 29.5 Å². The van der Waals surface area contributed by atoms with Gasteiger partial charge in [-0.3, -0.25) is 4.79 Å². The lowest BCUT2D eigenvalue weighted by Crippen LogP contribution is -2.44. The fraction of sp³-hybridized carbons (Fsp3) is 0.552. The van der Waals surface area contributed by atoms with Crippen LogP contribution in [0.4, 0.5) is 5.13 Å². The highest BCUT2D eigenvalue weighted by Crippen LogP contribution is 2.63. The Balaban J connectivity index is 1.42. The lowest BCUT2D eigenvalue weighted by Gasteiger charge is -2.49. The van der Waals surface area contributed by atoms with Crippen molar-refractivity contribution in [3.05, 3.63) is 52.0 Å². The molecule has 1 aromatic carbocycles. The van der Waals surface area contributed by atoms with Crippen LogP contribution in [0.2, 0.25) is 0 Å². The zero-order valence-corrected chi connectivity index (χ0v) is 24.5. The Labute approximate surface area is 223 Å². The average molecular weight is 605 g/mol. The number of anilines is 1. The molecule has 4 nitrogen and oxygen atoms in total. The number of aromatic nitrogens is 1. The average Bonchev–Trinajstić information content (AvgIpc) is 3.38. The predicted molar refractivity (Wildman–Crippen MR) is 155 cm³/mol. The SMILES string of the molecule is C/C=C1/C(=O)[C@@]2(C)CCC3c4ccc(OC)cc4CCC3C2[C@@H]1CCC(Nc1ncc(C)s1)=IC. The molecule has 0 saturated heterocycles. The van der Waals surface area contributed by atoms with Crippen LogP contribution < -0.4 is 10.1 Å². The highest BCUT2D eigenvalue weighted by molar-refractivity contribution is 14.2. The van der Waals surface area contributed by atoms with Crippen LogP contribution in [0, 0.1) is 30.1 Å². The molecule has 1 heterocycles. The first kappa shape index (κ1) is 25.1. The third-order valence-electron chi connectivity index (χ3n) is 8.88. The van der Waals surface area contributed by atoms with Gasteiger partial charge in [-0.15, -0.1) is 32.1 Å². The predicted octanol–water partition coefficient (Wildman–Crippen LogP) is 7.29. The van der Waals surface area contributed by atoms with E-state index in [0.717, 1.165) is 48.6 Å². The molecule has 2 aromatic rings. The number of hydrogen-bond donors (Lipinski definition) is 1. The molecule has 0 spiro atoms. The number of alkyl halides is 1. The van der Waals surface area contributed by atoms with Crippen molar-refractivity contribution in [1.82, 2.24) is 4.98 Å². The van der Waals surface area contributed by atoms with Crippen molar-refractivity contribution in [3.63, 3.8) is 0 Å². The van der Waals surface area contributed by atoms with E-state index in [9.17, 15) is 4.79 Å². The summed E-state index contributed by atoms with van der Waals surface area (Å²) in [6.07, 6.45) is 10.6. The Morgan fingerprint density at radius 3 is 2.89 bits per heavy atom. The van der Waals surface area contributed by atoms with Crippen LogP contribution in [-0.4, -0.2) is 26.4 Å². The summed E-state index contributed by atoms with van der Waals surface area (Å²) in [5.74, 6) is 3.33. The monoisotopic (exact) mass is 604 g/mol. The maximum absolute atomic E-state index is 13.8. The smallest absolute Gasteiger partial charge is 0.187 e. The van der Waals surface area contributed by atoms with E-state index in [1.54, 1.807) is 18.4 Å². The molecule has 3 aliphatic carbocycles. The second kappa shape index (κ2) is 10.1. The second-order valence-electron chi connectivity index (χ2n) is 10.6. The van der Waals surface area contributed by atoms with E-state index < -0.39 is 0 Å². The van der Waals surface area contributed by atoms with Gasteiger partial charge in [-0.2, -0.15) is 0 Å². The van der Waals surface area contributed by atoms with Crippen LogP contribution in [0.15, 0.2) is 36.0 Å². The largest absolute Gasteiger partial charge is 0.497 e. The molecule has 5 rings (SSSR count). The molecule has 3 unspecified atom stereocenters. The van der Waals surface area contributed by atoms with Gasteiger partial charge in [-0.1, -0.05) is 19.1 Å². The van der Waals surface area contributed by atoms with Crippen molar-refractivity contribution in [2.75, 3.05) is 17.4 Å². The third kappa shape index (κ3) is 4.43. The van der Waals surface area contributed by atoms with Crippen LogP contribution in [0.1, 0.15) is 67.9 Å². The second-order valence-corrected chi connectivity index (χ2v) is 14.2. The number of carbonyl (C=O) groups excluding carboxylic acids is 1. The number of ether oxygens (including phenoxy) is 1. The Morgan fingerprint density at radius 1 is 1.37 bits per heavy atom. The first-order valence-corrected chi connectivity index (χ1v) is 16.9. The number of thiazole rings is 1. The maximum Gasteiger partial charge on any atom is 0.187 e. The van der Waals surface area contributed by atoms with Crippen LogP contribution in [0.5, 0.6) is 5.75 Å². The van der Waals surface area contributed by atoms with Gasteiger partial charge in [0.25, 0.3) is 0 Å². The molecule has 35 heavy (non-hydrogen) atoms. The third-order valence-corrected chi connectivity index (χ3v) is 11.8. The van der Waals surface area contributed by atoms with Crippen LogP contribution in [0.25, 0.3) is 0 Å². The summed E-state index contributed by atoms with van der Waals surface area (Å²) in [5, 5.41) is 4.64. The number of aryl methyl sites for hydroxylation is 2. The summed E-state index contributed by atoms with van der Waals surface area (Å²) in [7, 11) is 1.75. The standard InChI is InChI=1S/C29H37IN2O2S/c1-6-20-23(11-12-25(30-4)32-28-31-16-17(2)35-28)26-24-9-7-18-15-19(34-5)8-10-21(18)22(24)13-14-29(26,3)27(20)33/h6,8,10,15-16,22-24,26H,7,9,11-14H2,1-5H3,(H,31,32)/b20-6+/t22?,23-,24?,26?,29+/m1/s1. The minimum atomic E-state index is -0.209. The zero-order valence-electron chi connectivity index (χ0n) is 21.5. The minimum absolute atomic E-state index is 0.0611. The number of benzene rings is 1. The molecule has 0 amide bonds. The summed E-state index contributed by atoms with van der Waals surface area (Å²) in [5.41, 5.74) is 3.86. The fourth-order valence-corrected chi connectivity index (χ4v) is 9.58. The number of rotatable bonds is 6. The van der Waals surface area contributed by atoms with Crippen LogP contribution >= 0.6 is 32.1 Å². The molecule has 1 aromatic heterocycles. The number of allylic oxidation sites excluding steroid dienone is 2. The van der Waals surface area contributed by atoms with E-state index in [1.165, 1.54) is 26.1 Å². The first-order chi connectivity index (χ1) is 16.9. The minimum Gasteiger partial charge on any atom is -0.497 e. The summed E-state index contributed by atoms with van der Waals surface area (Å²) in [6.45, 7) is 6.47. The van der Waals surface area contributed by atoms with E-state index in [4.69, 9.17) is 4.74 Å². The van der Waals surface area contributed by atoms with Crippen LogP contribution in [-0.2, 0) is 11.2 Å².